The molecule has 4 saturated carbocycles. The lowest BCUT2D eigenvalue weighted by atomic mass is 9.45. The third kappa shape index (κ3) is 15.4. The van der Waals surface area contributed by atoms with E-state index in [1.807, 2.05) is 0 Å². The van der Waals surface area contributed by atoms with Crippen molar-refractivity contribution in [3.63, 3.8) is 0 Å². The monoisotopic (exact) mass is 1180 g/mol. The summed E-state index contributed by atoms with van der Waals surface area (Å²) in [5.74, 6) is -3.08. The molecule has 4 aromatic carbocycles. The Bertz CT molecular complexity index is 2590. The number of hydrogen-bond acceptors (Lipinski definition) is 20. The van der Waals surface area contributed by atoms with Gasteiger partial charge >= 0.3 is 48.5 Å². The summed E-state index contributed by atoms with van der Waals surface area (Å²) in [4.78, 5) is 144. The van der Waals surface area contributed by atoms with Crippen LogP contribution >= 0.6 is 0 Å². The molecule has 0 bridgehead atoms. The van der Waals surface area contributed by atoms with Gasteiger partial charge in [-0.3, -0.25) is 0 Å². The van der Waals surface area contributed by atoms with Gasteiger partial charge in [-0.15, -0.1) is 0 Å². The number of hydrogen-bond donors (Lipinski definition) is 0. The molecule has 20 heteroatoms. The molecule has 4 aliphatic carbocycles. The molecule has 8 rings (SSSR count). The molecule has 4 aromatic rings. The van der Waals surface area contributed by atoms with E-state index in [9.17, 15) is 38.4 Å². The summed E-state index contributed by atoms with van der Waals surface area (Å²) < 4.78 is 23.2. The number of benzene rings is 4. The van der Waals surface area contributed by atoms with Gasteiger partial charge < -0.3 is 18.9 Å². The van der Waals surface area contributed by atoms with E-state index >= 15 is 0 Å². The molecule has 20 nitrogen and oxygen atoms in total. The zero-order chi connectivity index (χ0) is 61.0. The second-order valence-electron chi connectivity index (χ2n) is 23.2. The molecule has 0 heterocycles. The van der Waals surface area contributed by atoms with E-state index in [2.05, 4.69) is 0 Å². The van der Waals surface area contributed by atoms with E-state index in [1.165, 1.54) is 0 Å². The van der Waals surface area contributed by atoms with Gasteiger partial charge in [0.1, 0.15) is 24.4 Å². The van der Waals surface area contributed by atoms with E-state index in [-0.39, 0.29) is 45.9 Å². The summed E-state index contributed by atoms with van der Waals surface area (Å²) >= 11 is 0. The van der Waals surface area contributed by atoms with Gasteiger partial charge in [0.05, 0.1) is 22.3 Å². The van der Waals surface area contributed by atoms with Gasteiger partial charge in [-0.05, 0) is 232 Å². The van der Waals surface area contributed by atoms with Crippen LogP contribution in [0.1, 0.15) is 189 Å². The highest BCUT2D eigenvalue weighted by Gasteiger charge is 2.57. The Balaban J connectivity index is 0.987. The average Bonchev–Trinajstić information content (AvgIpc) is 0.856. The summed E-state index contributed by atoms with van der Waals surface area (Å²) in [6.07, 6.45) is 2.03. The zero-order valence-corrected chi connectivity index (χ0v) is 49.5. The molecule has 456 valence electrons. The molecule has 85 heavy (non-hydrogen) atoms. The van der Waals surface area contributed by atoms with Crippen LogP contribution in [0.4, 0.5) is 19.2 Å². The summed E-state index contributed by atoms with van der Waals surface area (Å²) in [7, 11) is 0. The van der Waals surface area contributed by atoms with E-state index in [0.717, 1.165) is 0 Å². The van der Waals surface area contributed by atoms with Crippen molar-refractivity contribution >= 4 is 48.5 Å². The predicted octanol–water partition coefficient (Wildman–Crippen LogP) is 14.4. The molecule has 4 aliphatic rings. The van der Waals surface area contributed by atoms with E-state index in [1.54, 1.807) is 128 Å². The fraction of sp³-hybridized carbons (Fsp3) is 0.508. The van der Waals surface area contributed by atoms with Gasteiger partial charge in [0.2, 0.25) is 0 Å². The Labute approximate surface area is 494 Å². The van der Waals surface area contributed by atoms with Crippen molar-refractivity contribution < 1.29 is 96.4 Å². The van der Waals surface area contributed by atoms with Gasteiger partial charge in [0.25, 0.3) is 0 Å². The van der Waals surface area contributed by atoms with Crippen molar-refractivity contribution in [2.24, 2.45) is 29.1 Å². The lowest BCUT2D eigenvalue weighted by Gasteiger charge is -2.60. The second kappa shape index (κ2) is 28.6. The smallest absolute Gasteiger partial charge is 0.428 e. The van der Waals surface area contributed by atoms with Crippen molar-refractivity contribution in [2.75, 3.05) is 0 Å². The molecule has 0 spiro atoms. The number of carbonyl (C=O) groups excluding carboxylic acids is 8. The largest absolute Gasteiger partial charge is 0.550 e. The molecule has 0 N–H and O–H groups in total. The maximum absolute atomic E-state index is 13.1. The molecule has 0 aliphatic heterocycles. The van der Waals surface area contributed by atoms with Gasteiger partial charge in [-0.1, -0.05) is 72.8 Å². The topological polar surface area (TPSA) is 247 Å². The number of aryl methyl sites for hydroxylation is 8. The first kappa shape index (κ1) is 62.9. The van der Waals surface area contributed by atoms with E-state index in [4.69, 9.17) is 58.0 Å². The van der Waals surface area contributed by atoms with Crippen molar-refractivity contribution in [3.8, 4) is 0 Å². The molecule has 4 fully saturated rings. The fourth-order valence-electron chi connectivity index (χ4n) is 14.3. The minimum Gasteiger partial charge on any atom is -0.428 e. The zero-order valence-electron chi connectivity index (χ0n) is 49.5. The third-order valence-electron chi connectivity index (χ3n) is 18.1. The highest BCUT2D eigenvalue weighted by Crippen LogP contribution is 2.63. The lowest BCUT2D eigenvalue weighted by Crippen LogP contribution is -2.54. The maximum atomic E-state index is 13.1. The van der Waals surface area contributed by atoms with Gasteiger partial charge in [0, 0.05) is 0 Å². The summed E-state index contributed by atoms with van der Waals surface area (Å²) in [6.45, 7) is 14.0. The average molecular weight is 1180 g/mol. The Hall–Kier alpha value is -8.16. The number of rotatable bonds is 12. The minimum atomic E-state index is -1.14. The van der Waals surface area contributed by atoms with Crippen molar-refractivity contribution in [2.45, 2.75) is 183 Å². The Morgan fingerprint density at radius 2 is 0.435 bits per heavy atom. The quantitative estimate of drug-likeness (QED) is 0.0553. The highest BCUT2D eigenvalue weighted by atomic mass is 17.3. The Morgan fingerprint density at radius 3 is 0.600 bits per heavy atom. The van der Waals surface area contributed by atoms with Crippen LogP contribution in [0, 0.1) is 84.5 Å². The van der Waals surface area contributed by atoms with Crippen molar-refractivity contribution in [1.29, 1.82) is 0 Å². The molecular formula is C65H76O20. The Kier molecular flexibility index (Phi) is 21.2. The van der Waals surface area contributed by atoms with E-state index in [0.29, 0.717) is 147 Å². The normalized spacial score (nSPS) is 22.8. The molecule has 0 radical (unpaired) electrons. The summed E-state index contributed by atoms with van der Waals surface area (Å²) in [6, 6.07) is 21.2. The standard InChI is InChI=1S/C65H76O20/c1-37-13-9-14-38(2)53(37)57(66)78-82-61(70)74-49-29-21-45(22-30-49)65(46-23-31-50(32-24-46)75-62(71)83-79-58(67)54-39(3)15-10-16-40(54)4,47-25-33-51(34-26-47)76-63(72)84-80-59(68)55-41(5)17-11-18-42(55)6)48-27-35-52(36-28-48)77-64(73)85-81-60(69)56-43(7)19-12-20-44(56)8/h9-20,45-52H,21-36H2,1-8H3. The van der Waals surface area contributed by atoms with Crippen LogP contribution in [-0.4, -0.2) is 72.9 Å². The van der Waals surface area contributed by atoms with E-state index < -0.39 is 78.3 Å². The molecule has 0 saturated heterocycles. The second-order valence-corrected chi connectivity index (χ2v) is 23.2. The van der Waals surface area contributed by atoms with Crippen LogP contribution in [0.25, 0.3) is 0 Å². The van der Waals surface area contributed by atoms with Crippen LogP contribution in [-0.2, 0) is 58.0 Å². The fourth-order valence-corrected chi connectivity index (χ4v) is 14.3. The van der Waals surface area contributed by atoms with Crippen molar-refractivity contribution in [3.05, 3.63) is 140 Å². The lowest BCUT2D eigenvalue weighted by molar-refractivity contribution is -0.213. The first-order valence-corrected chi connectivity index (χ1v) is 29.4. The minimum absolute atomic E-state index is 0.0514. The van der Waals surface area contributed by atoms with Crippen LogP contribution in [0.2, 0.25) is 0 Å². The van der Waals surface area contributed by atoms with Gasteiger partial charge in [-0.25, -0.2) is 58.3 Å². The van der Waals surface area contributed by atoms with Crippen LogP contribution in [0.15, 0.2) is 72.8 Å². The molecule has 0 atom stereocenters. The van der Waals surface area contributed by atoms with Crippen LogP contribution in [0.5, 0.6) is 0 Å². The highest BCUT2D eigenvalue weighted by molar-refractivity contribution is 5.94. The van der Waals surface area contributed by atoms with Gasteiger partial charge in [-0.2, -0.15) is 19.2 Å². The first-order chi connectivity index (χ1) is 40.7. The summed E-state index contributed by atoms with van der Waals surface area (Å²) in [5.41, 5.74) is 5.98. The molecule has 0 amide bonds. The maximum Gasteiger partial charge on any atom is 0.550 e. The predicted molar refractivity (Wildman–Crippen MR) is 301 cm³/mol. The molecule has 0 unspecified atom stereocenters. The van der Waals surface area contributed by atoms with Gasteiger partial charge in [0.15, 0.2) is 0 Å². The van der Waals surface area contributed by atoms with Crippen LogP contribution in [0.3, 0.4) is 0 Å². The third-order valence-corrected chi connectivity index (χ3v) is 18.1. The van der Waals surface area contributed by atoms with Crippen molar-refractivity contribution in [1.82, 2.24) is 0 Å². The summed E-state index contributed by atoms with van der Waals surface area (Å²) in [5, 5.41) is 0. The number of carbonyl (C=O) groups is 8. The molecule has 0 aromatic heterocycles. The SMILES string of the molecule is Cc1cccc(C)c1C(=O)OOC(=O)OC1CCC(C(C2CCC(OC(=O)OOC(=O)c3c(C)cccc3C)CC2)(C2CCC(OC(=O)OOC(=O)c3c(C)cccc3C)CC2)C2CCC(OC(=O)OOC(=O)c3c(C)cccc3C)CC2)CC1. The number of ether oxygens (including phenoxy) is 4. The van der Waals surface area contributed by atoms with Crippen LogP contribution < -0.4 is 0 Å². The molecular weight excluding hydrogens is 1100 g/mol. The Morgan fingerprint density at radius 1 is 0.271 bits per heavy atom. The first-order valence-electron chi connectivity index (χ1n) is 29.4.